The predicted octanol–water partition coefficient (Wildman–Crippen LogP) is 1.62. The summed E-state index contributed by atoms with van der Waals surface area (Å²) in [6, 6.07) is 12.7. The summed E-state index contributed by atoms with van der Waals surface area (Å²) in [5.74, 6) is 0. The first-order chi connectivity index (χ1) is 7.16. The van der Waals surface area contributed by atoms with Crippen LogP contribution in [-0.2, 0) is 0 Å². The monoisotopic (exact) mass is 195 g/mol. The van der Waals surface area contributed by atoms with Crippen molar-refractivity contribution in [3.05, 3.63) is 47.5 Å². The Morgan fingerprint density at radius 1 is 0.933 bits per heavy atom. The number of hydrogen-bond donors (Lipinski definition) is 0. The van der Waals surface area contributed by atoms with Crippen molar-refractivity contribution in [2.24, 2.45) is 0 Å². The minimum Gasteiger partial charge on any atom is -0.263 e. The van der Waals surface area contributed by atoms with Crippen LogP contribution in [0.1, 0.15) is 11.1 Å². The van der Waals surface area contributed by atoms with Gasteiger partial charge in [0.25, 0.3) is 0 Å². The molecule has 0 atom stereocenters. The minimum atomic E-state index is 1.05. The summed E-state index contributed by atoms with van der Waals surface area (Å²) in [7, 11) is 2.05. The molecule has 0 fully saturated rings. The standard InChI is InChI=1S/C13H14BN/c1-9-3-6-11(7-4-9)12-8-5-10(2)13(14)15-12/h3-8H,14H2,1-2H3. The number of pyridine rings is 1. The van der Waals surface area contributed by atoms with E-state index in [1.807, 2.05) is 7.85 Å². The van der Waals surface area contributed by atoms with E-state index in [0.717, 1.165) is 11.3 Å². The molecular weight excluding hydrogens is 181 g/mol. The van der Waals surface area contributed by atoms with Gasteiger partial charge in [0.1, 0.15) is 0 Å². The summed E-state index contributed by atoms with van der Waals surface area (Å²) in [4.78, 5) is 4.57. The van der Waals surface area contributed by atoms with E-state index in [0.29, 0.717) is 0 Å². The third-order valence-electron chi connectivity index (χ3n) is 2.70. The summed E-state index contributed by atoms with van der Waals surface area (Å²) >= 11 is 0. The molecule has 1 aromatic heterocycles. The smallest absolute Gasteiger partial charge is 0.164 e. The fourth-order valence-corrected chi connectivity index (χ4v) is 1.52. The molecular formula is C13H14BN. The zero-order valence-corrected chi connectivity index (χ0v) is 9.41. The van der Waals surface area contributed by atoms with Crippen LogP contribution in [0.25, 0.3) is 11.3 Å². The van der Waals surface area contributed by atoms with E-state index < -0.39 is 0 Å². The number of benzene rings is 1. The van der Waals surface area contributed by atoms with Crippen LogP contribution < -0.4 is 5.59 Å². The summed E-state index contributed by atoms with van der Waals surface area (Å²) < 4.78 is 0. The Morgan fingerprint density at radius 2 is 1.60 bits per heavy atom. The lowest BCUT2D eigenvalue weighted by atomic mass is 9.97. The molecule has 2 heteroatoms. The van der Waals surface area contributed by atoms with Crippen LogP contribution in [0.3, 0.4) is 0 Å². The van der Waals surface area contributed by atoms with Gasteiger partial charge in [-0.3, -0.25) is 4.98 Å². The van der Waals surface area contributed by atoms with E-state index in [9.17, 15) is 0 Å². The highest BCUT2D eigenvalue weighted by Gasteiger charge is 2.00. The second-order valence-corrected chi connectivity index (χ2v) is 3.96. The largest absolute Gasteiger partial charge is 0.263 e. The van der Waals surface area contributed by atoms with Crippen LogP contribution in [0.15, 0.2) is 36.4 Å². The van der Waals surface area contributed by atoms with Gasteiger partial charge in [-0.1, -0.05) is 35.9 Å². The van der Waals surface area contributed by atoms with E-state index >= 15 is 0 Å². The summed E-state index contributed by atoms with van der Waals surface area (Å²) in [6.07, 6.45) is 0. The van der Waals surface area contributed by atoms with Gasteiger partial charge in [0.15, 0.2) is 7.85 Å². The number of aryl methyl sites for hydroxylation is 2. The molecule has 1 nitrogen and oxygen atoms in total. The van der Waals surface area contributed by atoms with Crippen molar-refractivity contribution >= 4 is 13.4 Å². The zero-order valence-electron chi connectivity index (χ0n) is 9.41. The molecule has 0 saturated carbocycles. The maximum Gasteiger partial charge on any atom is 0.164 e. The topological polar surface area (TPSA) is 12.9 Å². The molecule has 0 unspecified atom stereocenters. The number of aromatic nitrogens is 1. The van der Waals surface area contributed by atoms with Crippen LogP contribution >= 0.6 is 0 Å². The molecule has 2 rings (SSSR count). The van der Waals surface area contributed by atoms with E-state index in [1.54, 1.807) is 0 Å². The molecule has 0 radical (unpaired) electrons. The van der Waals surface area contributed by atoms with E-state index in [1.165, 1.54) is 16.7 Å². The van der Waals surface area contributed by atoms with Gasteiger partial charge in [-0.25, -0.2) is 0 Å². The zero-order chi connectivity index (χ0) is 10.8. The van der Waals surface area contributed by atoms with Crippen LogP contribution in [0.2, 0.25) is 0 Å². The van der Waals surface area contributed by atoms with Crippen molar-refractivity contribution in [2.75, 3.05) is 0 Å². The lowest BCUT2D eigenvalue weighted by Crippen LogP contribution is -2.12. The van der Waals surface area contributed by atoms with E-state index in [2.05, 4.69) is 55.2 Å². The summed E-state index contributed by atoms with van der Waals surface area (Å²) in [5.41, 5.74) is 5.86. The molecule has 1 aromatic carbocycles. The van der Waals surface area contributed by atoms with Crippen molar-refractivity contribution in [3.8, 4) is 11.3 Å². The first-order valence-electron chi connectivity index (χ1n) is 5.18. The quantitative estimate of drug-likeness (QED) is 0.630. The maximum atomic E-state index is 4.57. The Labute approximate surface area is 91.6 Å². The third kappa shape index (κ3) is 2.09. The van der Waals surface area contributed by atoms with Gasteiger partial charge < -0.3 is 0 Å². The Morgan fingerprint density at radius 3 is 2.20 bits per heavy atom. The lowest BCUT2D eigenvalue weighted by Gasteiger charge is -2.04. The highest BCUT2D eigenvalue weighted by atomic mass is 14.7. The highest BCUT2D eigenvalue weighted by Crippen LogP contribution is 2.16. The molecule has 0 aliphatic rings. The van der Waals surface area contributed by atoms with Gasteiger partial charge >= 0.3 is 0 Å². The van der Waals surface area contributed by atoms with Crippen molar-refractivity contribution in [3.63, 3.8) is 0 Å². The molecule has 0 aliphatic carbocycles. The van der Waals surface area contributed by atoms with Crippen LogP contribution in [0.4, 0.5) is 0 Å². The highest BCUT2D eigenvalue weighted by molar-refractivity contribution is 6.31. The number of nitrogens with zero attached hydrogens (tertiary/aromatic N) is 1. The first kappa shape index (κ1) is 9.97. The van der Waals surface area contributed by atoms with Crippen LogP contribution in [0, 0.1) is 13.8 Å². The maximum absolute atomic E-state index is 4.57. The molecule has 0 spiro atoms. The van der Waals surface area contributed by atoms with Crippen molar-refractivity contribution in [1.29, 1.82) is 0 Å². The van der Waals surface area contributed by atoms with Gasteiger partial charge in [0, 0.05) is 5.56 Å². The molecule has 0 bridgehead atoms. The molecule has 15 heavy (non-hydrogen) atoms. The molecule has 2 aromatic rings. The number of hydrogen-bond acceptors (Lipinski definition) is 1. The number of rotatable bonds is 1. The second-order valence-electron chi connectivity index (χ2n) is 3.96. The van der Waals surface area contributed by atoms with E-state index in [4.69, 9.17) is 0 Å². The Balaban J connectivity index is 2.45. The van der Waals surface area contributed by atoms with Crippen molar-refractivity contribution in [1.82, 2.24) is 4.98 Å². The van der Waals surface area contributed by atoms with Crippen molar-refractivity contribution < 1.29 is 0 Å². The van der Waals surface area contributed by atoms with Crippen LogP contribution in [-0.4, -0.2) is 12.8 Å². The van der Waals surface area contributed by atoms with Crippen LogP contribution in [0.5, 0.6) is 0 Å². The predicted molar refractivity (Wildman–Crippen MR) is 67.3 cm³/mol. The third-order valence-corrected chi connectivity index (χ3v) is 2.70. The van der Waals surface area contributed by atoms with Gasteiger partial charge in [-0.05, 0) is 31.1 Å². The Hall–Kier alpha value is -1.57. The van der Waals surface area contributed by atoms with Gasteiger partial charge in [-0.15, -0.1) is 0 Å². The Kier molecular flexibility index (Phi) is 2.59. The Bertz CT molecular complexity index is 474. The molecule has 0 saturated heterocycles. The average Bonchev–Trinajstić information content (AvgIpc) is 2.23. The molecule has 74 valence electrons. The SMILES string of the molecule is Bc1nc(-c2ccc(C)cc2)ccc1C. The lowest BCUT2D eigenvalue weighted by molar-refractivity contribution is 1.32. The summed E-state index contributed by atoms with van der Waals surface area (Å²) in [6.45, 7) is 4.18. The minimum absolute atomic E-state index is 1.05. The second kappa shape index (κ2) is 3.89. The molecule has 0 N–H and O–H groups in total. The van der Waals surface area contributed by atoms with Gasteiger partial charge in [0.05, 0.1) is 5.69 Å². The molecule has 1 heterocycles. The van der Waals surface area contributed by atoms with Gasteiger partial charge in [0.2, 0.25) is 0 Å². The molecule has 0 aliphatic heterocycles. The first-order valence-corrected chi connectivity index (χ1v) is 5.18. The summed E-state index contributed by atoms with van der Waals surface area (Å²) in [5, 5.41) is 0. The van der Waals surface area contributed by atoms with Gasteiger partial charge in [-0.2, -0.15) is 0 Å². The normalized spacial score (nSPS) is 10.3. The average molecular weight is 195 g/mol. The fourth-order valence-electron chi connectivity index (χ4n) is 1.52. The molecule has 0 amide bonds. The fraction of sp³-hybridized carbons (Fsp3) is 0.154. The van der Waals surface area contributed by atoms with Crippen molar-refractivity contribution in [2.45, 2.75) is 13.8 Å². The van der Waals surface area contributed by atoms with E-state index in [-0.39, 0.29) is 0 Å².